The number of aromatic nitrogens is 1. The largest absolute Gasteiger partial charge is 0.481 e. The Bertz CT molecular complexity index is 244. The molecule has 3 heteroatoms. The molecule has 0 radical (unpaired) electrons. The number of aryl methyl sites for hydroxylation is 1. The third-order valence-electron chi connectivity index (χ3n) is 1.86. The molecular formula is C10H15NO2. The van der Waals surface area contributed by atoms with Crippen LogP contribution < -0.4 is 4.74 Å². The zero-order valence-corrected chi connectivity index (χ0v) is 8.03. The van der Waals surface area contributed by atoms with Crippen molar-refractivity contribution in [3.8, 4) is 5.88 Å². The van der Waals surface area contributed by atoms with Crippen molar-refractivity contribution < 1.29 is 9.84 Å². The first-order valence-corrected chi connectivity index (χ1v) is 4.39. The van der Waals surface area contributed by atoms with Crippen molar-refractivity contribution in [2.75, 3.05) is 7.11 Å². The van der Waals surface area contributed by atoms with E-state index in [-0.39, 0.29) is 6.10 Å². The first kappa shape index (κ1) is 9.99. The van der Waals surface area contributed by atoms with E-state index in [4.69, 9.17) is 9.84 Å². The van der Waals surface area contributed by atoms with Crippen LogP contribution in [0.5, 0.6) is 5.88 Å². The highest BCUT2D eigenvalue weighted by Gasteiger charge is 1.98. The molecule has 0 fully saturated rings. The van der Waals surface area contributed by atoms with Gasteiger partial charge in [-0.25, -0.2) is 4.98 Å². The summed E-state index contributed by atoms with van der Waals surface area (Å²) in [5.74, 6) is 0.626. The third kappa shape index (κ3) is 3.42. The molecule has 13 heavy (non-hydrogen) atoms. The van der Waals surface area contributed by atoms with Crippen LogP contribution in [0.3, 0.4) is 0 Å². The molecule has 0 saturated carbocycles. The maximum Gasteiger partial charge on any atom is 0.212 e. The number of aliphatic hydroxyl groups is 1. The van der Waals surface area contributed by atoms with Gasteiger partial charge in [-0.15, -0.1) is 0 Å². The Morgan fingerprint density at radius 1 is 1.54 bits per heavy atom. The smallest absolute Gasteiger partial charge is 0.212 e. The number of pyridine rings is 1. The van der Waals surface area contributed by atoms with Crippen LogP contribution in [0.1, 0.15) is 18.9 Å². The van der Waals surface area contributed by atoms with E-state index in [0.717, 1.165) is 18.4 Å². The van der Waals surface area contributed by atoms with Gasteiger partial charge in [-0.05, 0) is 25.3 Å². The van der Waals surface area contributed by atoms with Gasteiger partial charge < -0.3 is 9.84 Å². The van der Waals surface area contributed by atoms with Crippen molar-refractivity contribution in [2.24, 2.45) is 0 Å². The molecule has 1 atom stereocenters. The molecule has 72 valence electrons. The number of nitrogens with zero attached hydrogens (tertiary/aromatic N) is 1. The molecule has 3 nitrogen and oxygen atoms in total. The van der Waals surface area contributed by atoms with Crippen molar-refractivity contribution in [2.45, 2.75) is 25.9 Å². The molecule has 1 heterocycles. The monoisotopic (exact) mass is 181 g/mol. The summed E-state index contributed by atoms with van der Waals surface area (Å²) in [6.45, 7) is 1.79. The Balaban J connectivity index is 2.49. The summed E-state index contributed by atoms with van der Waals surface area (Å²) in [7, 11) is 1.60. The van der Waals surface area contributed by atoms with Crippen LogP contribution in [0.4, 0.5) is 0 Å². The molecule has 0 aliphatic heterocycles. The van der Waals surface area contributed by atoms with Gasteiger partial charge in [0.05, 0.1) is 13.2 Å². The summed E-state index contributed by atoms with van der Waals surface area (Å²) in [4.78, 5) is 4.07. The average Bonchev–Trinajstić information content (AvgIpc) is 2.15. The minimum absolute atomic E-state index is 0.248. The molecule has 0 bridgehead atoms. The normalized spacial score (nSPS) is 12.5. The first-order chi connectivity index (χ1) is 6.22. The number of hydrogen-bond donors (Lipinski definition) is 1. The third-order valence-corrected chi connectivity index (χ3v) is 1.86. The number of rotatable bonds is 4. The van der Waals surface area contributed by atoms with E-state index < -0.39 is 0 Å². The van der Waals surface area contributed by atoms with Crippen molar-refractivity contribution in [3.63, 3.8) is 0 Å². The quantitative estimate of drug-likeness (QED) is 0.763. The minimum Gasteiger partial charge on any atom is -0.481 e. The van der Waals surface area contributed by atoms with Gasteiger partial charge in [0, 0.05) is 12.3 Å². The molecule has 0 saturated heterocycles. The molecule has 0 spiro atoms. The topological polar surface area (TPSA) is 42.4 Å². The van der Waals surface area contributed by atoms with Gasteiger partial charge in [-0.1, -0.05) is 6.07 Å². The Kier molecular flexibility index (Phi) is 3.71. The Morgan fingerprint density at radius 2 is 2.31 bits per heavy atom. The molecule has 1 N–H and O–H groups in total. The predicted octanol–water partition coefficient (Wildman–Crippen LogP) is 1.40. The van der Waals surface area contributed by atoms with Gasteiger partial charge in [0.25, 0.3) is 0 Å². The second-order valence-corrected chi connectivity index (χ2v) is 3.10. The number of ether oxygens (including phenoxy) is 1. The molecule has 1 rings (SSSR count). The summed E-state index contributed by atoms with van der Waals surface area (Å²) in [6.07, 6.45) is 3.16. The lowest BCUT2D eigenvalue weighted by atomic mass is 10.1. The summed E-state index contributed by atoms with van der Waals surface area (Å²) in [6, 6.07) is 3.80. The lowest BCUT2D eigenvalue weighted by molar-refractivity contribution is 0.185. The van der Waals surface area contributed by atoms with Gasteiger partial charge in [0.15, 0.2) is 0 Å². The molecule has 0 aliphatic carbocycles. The highest BCUT2D eigenvalue weighted by atomic mass is 16.5. The maximum atomic E-state index is 9.07. The van der Waals surface area contributed by atoms with Gasteiger partial charge >= 0.3 is 0 Å². The van der Waals surface area contributed by atoms with E-state index in [1.165, 1.54) is 0 Å². The summed E-state index contributed by atoms with van der Waals surface area (Å²) in [5.41, 5.74) is 1.13. The van der Waals surface area contributed by atoms with E-state index in [1.54, 1.807) is 20.2 Å². The van der Waals surface area contributed by atoms with Crippen molar-refractivity contribution in [3.05, 3.63) is 23.9 Å². The molecule has 0 unspecified atom stereocenters. The average molecular weight is 181 g/mol. The van der Waals surface area contributed by atoms with E-state index in [2.05, 4.69) is 4.98 Å². The van der Waals surface area contributed by atoms with Crippen molar-refractivity contribution in [1.29, 1.82) is 0 Å². The molecule has 1 aromatic heterocycles. The van der Waals surface area contributed by atoms with Gasteiger partial charge in [0.1, 0.15) is 0 Å². The second-order valence-electron chi connectivity index (χ2n) is 3.10. The fraction of sp³-hybridized carbons (Fsp3) is 0.500. The van der Waals surface area contributed by atoms with Crippen LogP contribution in [0.15, 0.2) is 18.3 Å². The summed E-state index contributed by atoms with van der Waals surface area (Å²) < 4.78 is 4.93. The standard InChI is InChI=1S/C10H15NO2/c1-8(12)3-4-9-5-6-10(13-2)11-7-9/h5-8,12H,3-4H2,1-2H3/t8-/m1/s1. The zero-order valence-electron chi connectivity index (χ0n) is 8.03. The highest BCUT2D eigenvalue weighted by molar-refractivity contribution is 5.17. The molecular weight excluding hydrogens is 166 g/mol. The van der Waals surface area contributed by atoms with Crippen LogP contribution in [0.25, 0.3) is 0 Å². The zero-order chi connectivity index (χ0) is 9.68. The van der Waals surface area contributed by atoms with Crippen LogP contribution in [-0.4, -0.2) is 23.3 Å². The Morgan fingerprint density at radius 3 is 2.77 bits per heavy atom. The SMILES string of the molecule is COc1ccc(CC[C@@H](C)O)cn1. The number of methoxy groups -OCH3 is 1. The van der Waals surface area contributed by atoms with E-state index in [9.17, 15) is 0 Å². The lowest BCUT2D eigenvalue weighted by Crippen LogP contribution is -2.01. The van der Waals surface area contributed by atoms with E-state index >= 15 is 0 Å². The fourth-order valence-corrected chi connectivity index (χ4v) is 1.06. The Hall–Kier alpha value is -1.09. The minimum atomic E-state index is -0.248. The van der Waals surface area contributed by atoms with Crippen LogP contribution in [0, 0.1) is 0 Å². The number of aliphatic hydroxyl groups excluding tert-OH is 1. The molecule has 0 aromatic carbocycles. The predicted molar refractivity (Wildman–Crippen MR) is 50.8 cm³/mol. The van der Waals surface area contributed by atoms with Gasteiger partial charge in [-0.2, -0.15) is 0 Å². The lowest BCUT2D eigenvalue weighted by Gasteiger charge is -2.04. The molecule has 0 amide bonds. The van der Waals surface area contributed by atoms with Crippen LogP contribution >= 0.6 is 0 Å². The van der Waals surface area contributed by atoms with Crippen molar-refractivity contribution >= 4 is 0 Å². The summed E-state index contributed by atoms with van der Waals surface area (Å²) >= 11 is 0. The van der Waals surface area contributed by atoms with Gasteiger partial charge in [-0.3, -0.25) is 0 Å². The first-order valence-electron chi connectivity index (χ1n) is 4.39. The Labute approximate surface area is 78.4 Å². The second kappa shape index (κ2) is 4.82. The van der Waals surface area contributed by atoms with Crippen molar-refractivity contribution in [1.82, 2.24) is 4.98 Å². The van der Waals surface area contributed by atoms with E-state index in [1.807, 2.05) is 12.1 Å². The highest BCUT2D eigenvalue weighted by Crippen LogP contribution is 2.09. The van der Waals surface area contributed by atoms with E-state index in [0.29, 0.717) is 5.88 Å². The number of hydrogen-bond acceptors (Lipinski definition) is 3. The fourth-order valence-electron chi connectivity index (χ4n) is 1.06. The summed E-state index contributed by atoms with van der Waals surface area (Å²) in [5, 5.41) is 9.07. The van der Waals surface area contributed by atoms with Crippen LogP contribution in [-0.2, 0) is 6.42 Å². The molecule has 1 aromatic rings. The molecule has 0 aliphatic rings. The van der Waals surface area contributed by atoms with Gasteiger partial charge in [0.2, 0.25) is 5.88 Å². The maximum absolute atomic E-state index is 9.07. The van der Waals surface area contributed by atoms with Crippen LogP contribution in [0.2, 0.25) is 0 Å².